The van der Waals surface area contributed by atoms with Crippen molar-refractivity contribution in [1.29, 1.82) is 0 Å². The number of nitrogens with zero attached hydrogens (tertiary/aromatic N) is 2. The third-order valence-corrected chi connectivity index (χ3v) is 2.59. The zero-order valence-corrected chi connectivity index (χ0v) is 9.92. The summed E-state index contributed by atoms with van der Waals surface area (Å²) in [5, 5.41) is 3.98. The Balaban J connectivity index is 2.14. The molecule has 0 unspecified atom stereocenters. The number of rotatable bonds is 4. The van der Waals surface area contributed by atoms with Crippen LogP contribution in [0.4, 0.5) is 0 Å². The Hall–Kier alpha value is -1.62. The van der Waals surface area contributed by atoms with Crippen LogP contribution in [0.1, 0.15) is 0 Å². The van der Waals surface area contributed by atoms with E-state index in [9.17, 15) is 4.79 Å². The first kappa shape index (κ1) is 10.9. The van der Waals surface area contributed by atoms with E-state index < -0.39 is 0 Å². The first-order chi connectivity index (χ1) is 7.79. The number of aldehydes is 1. The zero-order valence-electron chi connectivity index (χ0n) is 8.34. The molecule has 0 N–H and O–H groups in total. The Morgan fingerprint density at radius 3 is 3.00 bits per heavy atom. The summed E-state index contributed by atoms with van der Waals surface area (Å²) in [6.45, 7) is 0.235. The SMILES string of the molecule is O=CCn1cc(Oc2ccccc2Br)cn1. The van der Waals surface area contributed by atoms with Gasteiger partial charge in [-0.1, -0.05) is 12.1 Å². The van der Waals surface area contributed by atoms with Crippen molar-refractivity contribution < 1.29 is 9.53 Å². The molecule has 1 aromatic heterocycles. The summed E-state index contributed by atoms with van der Waals surface area (Å²) in [5.41, 5.74) is 0. The smallest absolute Gasteiger partial charge is 0.165 e. The van der Waals surface area contributed by atoms with Crippen molar-refractivity contribution >= 4 is 22.2 Å². The van der Waals surface area contributed by atoms with Gasteiger partial charge in [0.25, 0.3) is 0 Å². The topological polar surface area (TPSA) is 44.1 Å². The molecule has 0 atom stereocenters. The molecule has 0 saturated heterocycles. The molecular weight excluding hydrogens is 272 g/mol. The number of halogens is 1. The number of carbonyl (C=O) groups is 1. The summed E-state index contributed by atoms with van der Waals surface area (Å²) in [4.78, 5) is 10.3. The Kier molecular flexibility index (Phi) is 3.36. The number of ether oxygens (including phenoxy) is 1. The minimum atomic E-state index is 0.235. The average Bonchev–Trinajstić information content (AvgIpc) is 2.70. The molecule has 0 spiro atoms. The molecule has 82 valence electrons. The van der Waals surface area contributed by atoms with Crippen molar-refractivity contribution in [3.8, 4) is 11.5 Å². The second-order valence-electron chi connectivity index (χ2n) is 3.10. The van der Waals surface area contributed by atoms with E-state index in [0.29, 0.717) is 11.5 Å². The van der Waals surface area contributed by atoms with Crippen LogP contribution in [0.3, 0.4) is 0 Å². The summed E-state index contributed by atoms with van der Waals surface area (Å²) < 4.78 is 7.98. The van der Waals surface area contributed by atoms with Crippen LogP contribution < -0.4 is 4.74 Å². The second kappa shape index (κ2) is 4.94. The maximum absolute atomic E-state index is 10.3. The van der Waals surface area contributed by atoms with Gasteiger partial charge in [-0.3, -0.25) is 4.68 Å². The van der Waals surface area contributed by atoms with Gasteiger partial charge in [-0.25, -0.2) is 0 Å². The molecule has 0 aliphatic carbocycles. The summed E-state index contributed by atoms with van der Waals surface area (Å²) in [6, 6.07) is 7.54. The maximum Gasteiger partial charge on any atom is 0.165 e. The molecule has 4 nitrogen and oxygen atoms in total. The molecule has 0 bridgehead atoms. The van der Waals surface area contributed by atoms with Gasteiger partial charge in [-0.05, 0) is 28.1 Å². The van der Waals surface area contributed by atoms with Crippen LogP contribution >= 0.6 is 15.9 Å². The van der Waals surface area contributed by atoms with Gasteiger partial charge in [-0.15, -0.1) is 0 Å². The molecule has 0 radical (unpaired) electrons. The summed E-state index contributed by atoms with van der Waals surface area (Å²) >= 11 is 3.38. The Morgan fingerprint density at radius 1 is 1.44 bits per heavy atom. The van der Waals surface area contributed by atoms with Gasteiger partial charge in [0.15, 0.2) is 5.75 Å². The molecule has 0 aliphatic heterocycles. The van der Waals surface area contributed by atoms with Crippen molar-refractivity contribution in [3.63, 3.8) is 0 Å². The lowest BCUT2D eigenvalue weighted by Crippen LogP contribution is -1.97. The molecule has 0 fully saturated rings. The van der Waals surface area contributed by atoms with Crippen molar-refractivity contribution in [3.05, 3.63) is 41.1 Å². The van der Waals surface area contributed by atoms with Crippen molar-refractivity contribution in [1.82, 2.24) is 9.78 Å². The standard InChI is InChI=1S/C11H9BrN2O2/c12-10-3-1-2-4-11(10)16-9-7-13-14(8-9)5-6-15/h1-4,6-8H,5H2. The molecule has 1 heterocycles. The first-order valence-corrected chi connectivity index (χ1v) is 5.47. The molecule has 2 rings (SSSR count). The lowest BCUT2D eigenvalue weighted by atomic mass is 10.3. The minimum Gasteiger partial charge on any atom is -0.453 e. The summed E-state index contributed by atoms with van der Waals surface area (Å²) in [7, 11) is 0. The predicted octanol–water partition coefficient (Wildman–Crippen LogP) is 2.64. The average molecular weight is 281 g/mol. The maximum atomic E-state index is 10.3. The first-order valence-electron chi connectivity index (χ1n) is 4.68. The van der Waals surface area contributed by atoms with Crippen LogP contribution in [0.25, 0.3) is 0 Å². The normalized spacial score (nSPS) is 10.1. The van der Waals surface area contributed by atoms with E-state index in [-0.39, 0.29) is 6.54 Å². The lowest BCUT2D eigenvalue weighted by molar-refractivity contribution is -0.108. The number of aromatic nitrogens is 2. The largest absolute Gasteiger partial charge is 0.453 e. The summed E-state index contributed by atoms with van der Waals surface area (Å²) in [5.74, 6) is 1.32. The molecule has 0 aliphatic rings. The van der Waals surface area contributed by atoms with E-state index in [1.807, 2.05) is 24.3 Å². The lowest BCUT2D eigenvalue weighted by Gasteiger charge is -2.03. The molecule has 1 aromatic carbocycles. The molecule has 5 heteroatoms. The Labute approximate surface area is 101 Å². The van der Waals surface area contributed by atoms with Crippen molar-refractivity contribution in [2.24, 2.45) is 0 Å². The van der Waals surface area contributed by atoms with Crippen molar-refractivity contribution in [2.45, 2.75) is 6.54 Å². The molecule has 0 saturated carbocycles. The van der Waals surface area contributed by atoms with Gasteiger partial charge in [0.05, 0.1) is 23.4 Å². The third kappa shape index (κ3) is 2.49. The number of hydrogen-bond acceptors (Lipinski definition) is 3. The molecule has 0 amide bonds. The number of carbonyl (C=O) groups excluding carboxylic acids is 1. The van der Waals surface area contributed by atoms with Crippen LogP contribution in [0.5, 0.6) is 11.5 Å². The fourth-order valence-corrected chi connectivity index (χ4v) is 1.59. The second-order valence-corrected chi connectivity index (χ2v) is 3.95. The van der Waals surface area contributed by atoms with Gasteiger partial charge < -0.3 is 9.53 Å². The van der Waals surface area contributed by atoms with Crippen LogP contribution in [-0.4, -0.2) is 16.1 Å². The van der Waals surface area contributed by atoms with Gasteiger partial charge in [0, 0.05) is 0 Å². The van der Waals surface area contributed by atoms with Gasteiger partial charge in [0.2, 0.25) is 0 Å². The highest BCUT2D eigenvalue weighted by Crippen LogP contribution is 2.28. The van der Waals surface area contributed by atoms with Crippen molar-refractivity contribution in [2.75, 3.05) is 0 Å². The fraction of sp³-hybridized carbons (Fsp3) is 0.0909. The quantitative estimate of drug-likeness (QED) is 0.809. The van der Waals surface area contributed by atoms with E-state index >= 15 is 0 Å². The third-order valence-electron chi connectivity index (χ3n) is 1.94. The summed E-state index contributed by atoms with van der Waals surface area (Å²) in [6.07, 6.45) is 4.03. The molecule has 16 heavy (non-hydrogen) atoms. The number of benzene rings is 1. The van der Waals surface area contributed by atoms with Crippen LogP contribution in [-0.2, 0) is 11.3 Å². The Bertz CT molecular complexity index is 496. The van der Waals surface area contributed by atoms with E-state index in [0.717, 1.165) is 10.8 Å². The van der Waals surface area contributed by atoms with Gasteiger partial charge in [-0.2, -0.15) is 5.10 Å². The fourth-order valence-electron chi connectivity index (χ4n) is 1.23. The highest BCUT2D eigenvalue weighted by molar-refractivity contribution is 9.10. The highest BCUT2D eigenvalue weighted by atomic mass is 79.9. The van der Waals surface area contributed by atoms with E-state index in [1.165, 1.54) is 4.68 Å². The van der Waals surface area contributed by atoms with E-state index in [4.69, 9.17) is 4.74 Å². The van der Waals surface area contributed by atoms with Crippen LogP contribution in [0, 0.1) is 0 Å². The minimum absolute atomic E-state index is 0.235. The molecule has 2 aromatic rings. The molecular formula is C11H9BrN2O2. The number of hydrogen-bond donors (Lipinski definition) is 0. The van der Waals surface area contributed by atoms with E-state index in [1.54, 1.807) is 12.4 Å². The monoisotopic (exact) mass is 280 g/mol. The zero-order chi connectivity index (χ0) is 11.4. The van der Waals surface area contributed by atoms with Crippen LogP contribution in [0.2, 0.25) is 0 Å². The van der Waals surface area contributed by atoms with Gasteiger partial charge >= 0.3 is 0 Å². The van der Waals surface area contributed by atoms with E-state index in [2.05, 4.69) is 21.0 Å². The Morgan fingerprint density at radius 2 is 2.25 bits per heavy atom. The number of para-hydroxylation sites is 1. The van der Waals surface area contributed by atoms with Crippen LogP contribution in [0.15, 0.2) is 41.1 Å². The van der Waals surface area contributed by atoms with Gasteiger partial charge in [0.1, 0.15) is 12.0 Å². The predicted molar refractivity (Wildman–Crippen MR) is 62.5 cm³/mol. The highest BCUT2D eigenvalue weighted by Gasteiger charge is 2.03.